The van der Waals surface area contributed by atoms with Crippen LogP contribution in [0.15, 0.2) is 23.1 Å². The van der Waals surface area contributed by atoms with Crippen molar-refractivity contribution >= 4 is 5.69 Å². The van der Waals surface area contributed by atoms with Gasteiger partial charge in [0, 0.05) is 6.20 Å². The lowest BCUT2D eigenvalue weighted by molar-refractivity contribution is 0.261. The summed E-state index contributed by atoms with van der Waals surface area (Å²) in [6, 6.07) is 2.98. The van der Waals surface area contributed by atoms with E-state index >= 15 is 0 Å². The second-order valence-electron chi connectivity index (χ2n) is 2.25. The van der Waals surface area contributed by atoms with E-state index < -0.39 is 11.9 Å². The number of hydrogen-bond donors (Lipinski definition) is 1. The van der Waals surface area contributed by atoms with E-state index in [9.17, 15) is 9.18 Å². The standard InChI is InChI=1S/C7H9FN2O/c1-5(8)10-4-2-3-6(9)7(10)11/h2-5H,9H2,1H3. The van der Waals surface area contributed by atoms with Crippen molar-refractivity contribution in [3.8, 4) is 0 Å². The van der Waals surface area contributed by atoms with Crippen molar-refractivity contribution < 1.29 is 4.39 Å². The van der Waals surface area contributed by atoms with Gasteiger partial charge < -0.3 is 5.73 Å². The molecule has 1 aromatic heterocycles. The first-order valence-electron chi connectivity index (χ1n) is 3.23. The lowest BCUT2D eigenvalue weighted by Gasteiger charge is -2.05. The van der Waals surface area contributed by atoms with Crippen molar-refractivity contribution in [3.05, 3.63) is 28.7 Å². The molecule has 0 radical (unpaired) electrons. The van der Waals surface area contributed by atoms with E-state index in [-0.39, 0.29) is 5.69 Å². The molecule has 1 atom stereocenters. The Kier molecular flexibility index (Phi) is 1.94. The number of pyridine rings is 1. The number of alkyl halides is 1. The third kappa shape index (κ3) is 1.39. The van der Waals surface area contributed by atoms with Crippen LogP contribution < -0.4 is 11.3 Å². The zero-order chi connectivity index (χ0) is 8.43. The van der Waals surface area contributed by atoms with E-state index in [1.165, 1.54) is 25.3 Å². The maximum Gasteiger partial charge on any atom is 0.275 e. The van der Waals surface area contributed by atoms with Gasteiger partial charge >= 0.3 is 0 Å². The van der Waals surface area contributed by atoms with Gasteiger partial charge in [0.25, 0.3) is 5.56 Å². The number of halogens is 1. The molecule has 1 heterocycles. The van der Waals surface area contributed by atoms with Crippen LogP contribution in [0.3, 0.4) is 0 Å². The first-order chi connectivity index (χ1) is 5.13. The molecule has 60 valence electrons. The normalized spacial score (nSPS) is 12.9. The van der Waals surface area contributed by atoms with E-state index in [1.807, 2.05) is 0 Å². The second kappa shape index (κ2) is 2.74. The minimum atomic E-state index is -1.33. The van der Waals surface area contributed by atoms with Gasteiger partial charge in [-0.2, -0.15) is 0 Å². The molecule has 4 heteroatoms. The van der Waals surface area contributed by atoms with Crippen LogP contribution in [0.5, 0.6) is 0 Å². The highest BCUT2D eigenvalue weighted by molar-refractivity contribution is 5.33. The number of nitrogen functional groups attached to an aromatic ring is 1. The monoisotopic (exact) mass is 156 g/mol. The molecule has 0 fully saturated rings. The van der Waals surface area contributed by atoms with Crippen molar-refractivity contribution in [1.82, 2.24) is 4.57 Å². The van der Waals surface area contributed by atoms with Crippen molar-refractivity contribution in [2.24, 2.45) is 0 Å². The van der Waals surface area contributed by atoms with Crippen LogP contribution in [-0.2, 0) is 0 Å². The highest BCUT2D eigenvalue weighted by Gasteiger charge is 2.03. The summed E-state index contributed by atoms with van der Waals surface area (Å²) in [5.74, 6) is 0. The van der Waals surface area contributed by atoms with Gasteiger partial charge in [-0.05, 0) is 19.1 Å². The van der Waals surface area contributed by atoms with Crippen LogP contribution in [0, 0.1) is 0 Å². The summed E-state index contributed by atoms with van der Waals surface area (Å²) in [7, 11) is 0. The smallest absolute Gasteiger partial charge is 0.275 e. The number of rotatable bonds is 1. The average molecular weight is 156 g/mol. The van der Waals surface area contributed by atoms with Gasteiger partial charge in [0.2, 0.25) is 0 Å². The Hall–Kier alpha value is -1.32. The SMILES string of the molecule is CC(F)n1cccc(N)c1=O. The number of nitrogens with zero attached hydrogens (tertiary/aromatic N) is 1. The maximum atomic E-state index is 12.6. The Balaban J connectivity index is 3.28. The molecule has 0 aliphatic heterocycles. The fraction of sp³-hybridized carbons (Fsp3) is 0.286. The summed E-state index contributed by atoms with van der Waals surface area (Å²) < 4.78 is 13.5. The molecule has 0 amide bonds. The summed E-state index contributed by atoms with van der Waals surface area (Å²) in [4.78, 5) is 11.0. The summed E-state index contributed by atoms with van der Waals surface area (Å²) in [5.41, 5.74) is 4.84. The molecule has 3 nitrogen and oxygen atoms in total. The van der Waals surface area contributed by atoms with Gasteiger partial charge in [-0.3, -0.25) is 9.36 Å². The molecule has 0 spiro atoms. The molecule has 0 bridgehead atoms. The zero-order valence-electron chi connectivity index (χ0n) is 6.12. The molecule has 0 saturated heterocycles. The number of aromatic nitrogens is 1. The van der Waals surface area contributed by atoms with Gasteiger partial charge in [0.05, 0.1) is 5.69 Å². The van der Waals surface area contributed by atoms with E-state index in [1.54, 1.807) is 0 Å². The van der Waals surface area contributed by atoms with E-state index in [0.29, 0.717) is 0 Å². The van der Waals surface area contributed by atoms with Gasteiger partial charge in [-0.25, -0.2) is 4.39 Å². The maximum absolute atomic E-state index is 12.6. The quantitative estimate of drug-likeness (QED) is 0.657. The fourth-order valence-electron chi connectivity index (χ4n) is 0.808. The molecule has 1 rings (SSSR count). The van der Waals surface area contributed by atoms with Crippen LogP contribution in [0.2, 0.25) is 0 Å². The molecule has 0 aromatic carbocycles. The largest absolute Gasteiger partial charge is 0.394 e. The van der Waals surface area contributed by atoms with Crippen LogP contribution >= 0.6 is 0 Å². The predicted molar refractivity (Wildman–Crippen MR) is 40.9 cm³/mol. The fourth-order valence-corrected chi connectivity index (χ4v) is 0.808. The number of nitrogens with two attached hydrogens (primary N) is 1. The highest BCUT2D eigenvalue weighted by atomic mass is 19.1. The van der Waals surface area contributed by atoms with Crippen LogP contribution in [0.4, 0.5) is 10.1 Å². The lowest BCUT2D eigenvalue weighted by atomic mass is 10.4. The van der Waals surface area contributed by atoms with Crippen molar-refractivity contribution in [3.63, 3.8) is 0 Å². The Bertz CT molecular complexity index is 306. The predicted octanol–water partition coefficient (Wildman–Crippen LogP) is 0.919. The molecule has 0 saturated carbocycles. The highest BCUT2D eigenvalue weighted by Crippen LogP contribution is 2.03. The molecular weight excluding hydrogens is 147 g/mol. The minimum absolute atomic E-state index is 0.0667. The molecule has 0 aliphatic carbocycles. The molecule has 1 unspecified atom stereocenters. The van der Waals surface area contributed by atoms with E-state index in [0.717, 1.165) is 4.57 Å². The number of anilines is 1. The van der Waals surface area contributed by atoms with Gasteiger partial charge in [-0.1, -0.05) is 0 Å². The Morgan fingerprint density at radius 3 is 2.82 bits per heavy atom. The Labute approximate surface area is 63.3 Å². The van der Waals surface area contributed by atoms with Crippen LogP contribution in [0.1, 0.15) is 13.2 Å². The van der Waals surface area contributed by atoms with Crippen molar-refractivity contribution in [2.45, 2.75) is 13.2 Å². The molecule has 2 N–H and O–H groups in total. The summed E-state index contributed by atoms with van der Waals surface area (Å²) in [5, 5.41) is 0. The molecule has 0 aliphatic rings. The van der Waals surface area contributed by atoms with Crippen LogP contribution in [0.25, 0.3) is 0 Å². The first kappa shape index (κ1) is 7.78. The van der Waals surface area contributed by atoms with Crippen LogP contribution in [-0.4, -0.2) is 4.57 Å². The van der Waals surface area contributed by atoms with E-state index in [2.05, 4.69) is 0 Å². The van der Waals surface area contributed by atoms with Gasteiger partial charge in [0.15, 0.2) is 6.30 Å². The van der Waals surface area contributed by atoms with E-state index in [4.69, 9.17) is 5.73 Å². The summed E-state index contributed by atoms with van der Waals surface area (Å²) in [6.07, 6.45) is 0.0367. The van der Waals surface area contributed by atoms with Crippen molar-refractivity contribution in [2.75, 3.05) is 5.73 Å². The zero-order valence-corrected chi connectivity index (χ0v) is 6.12. The molecular formula is C7H9FN2O. The van der Waals surface area contributed by atoms with Gasteiger partial charge in [0.1, 0.15) is 0 Å². The third-order valence-electron chi connectivity index (χ3n) is 1.39. The summed E-state index contributed by atoms with van der Waals surface area (Å²) >= 11 is 0. The van der Waals surface area contributed by atoms with Crippen molar-refractivity contribution in [1.29, 1.82) is 0 Å². The molecule has 11 heavy (non-hydrogen) atoms. The minimum Gasteiger partial charge on any atom is -0.394 e. The lowest BCUT2D eigenvalue weighted by Crippen LogP contribution is -2.22. The molecule has 1 aromatic rings. The Morgan fingerprint density at radius 1 is 1.73 bits per heavy atom. The first-order valence-corrected chi connectivity index (χ1v) is 3.23. The summed E-state index contributed by atoms with van der Waals surface area (Å²) in [6.45, 7) is 1.28. The van der Waals surface area contributed by atoms with Gasteiger partial charge in [-0.15, -0.1) is 0 Å². The Morgan fingerprint density at radius 2 is 2.36 bits per heavy atom. The average Bonchev–Trinajstić information content (AvgIpc) is 1.94. The number of hydrogen-bond acceptors (Lipinski definition) is 2. The second-order valence-corrected chi connectivity index (χ2v) is 2.25. The topological polar surface area (TPSA) is 48.0 Å². The third-order valence-corrected chi connectivity index (χ3v) is 1.39.